The van der Waals surface area contributed by atoms with Crippen LogP contribution in [0.5, 0.6) is 5.75 Å². The fraction of sp³-hybridized carbons (Fsp3) is 0.235. The second-order valence-electron chi connectivity index (χ2n) is 5.48. The number of hydrogen-bond acceptors (Lipinski definition) is 2. The van der Waals surface area contributed by atoms with Gasteiger partial charge in [-0.25, -0.2) is 0 Å². The second kappa shape index (κ2) is 4.23. The van der Waals surface area contributed by atoms with E-state index < -0.39 is 0 Å². The maximum absolute atomic E-state index is 5.93. The summed E-state index contributed by atoms with van der Waals surface area (Å²) in [7, 11) is 0. The van der Waals surface area contributed by atoms with E-state index in [1.807, 2.05) is 25.3 Å². The molecule has 0 bridgehead atoms. The zero-order valence-corrected chi connectivity index (χ0v) is 11.5. The molecule has 2 heterocycles. The zero-order chi connectivity index (χ0) is 13.5. The molecule has 0 aliphatic carbocycles. The average molecular weight is 251 g/mol. The van der Waals surface area contributed by atoms with Crippen molar-refractivity contribution in [2.24, 2.45) is 0 Å². The fourth-order valence-electron chi connectivity index (χ4n) is 2.28. The second-order valence-corrected chi connectivity index (χ2v) is 5.48. The van der Waals surface area contributed by atoms with E-state index in [0.29, 0.717) is 0 Å². The largest absolute Gasteiger partial charge is 0.483 e. The quantitative estimate of drug-likeness (QED) is 0.756. The smallest absolute Gasteiger partial charge is 0.127 e. The van der Waals surface area contributed by atoms with Gasteiger partial charge in [0.1, 0.15) is 11.4 Å². The molecular formula is C17H17NO. The first kappa shape index (κ1) is 12.0. The molecule has 0 N–H and O–H groups in total. The summed E-state index contributed by atoms with van der Waals surface area (Å²) in [5, 5.41) is 0. The molecule has 3 rings (SSSR count). The van der Waals surface area contributed by atoms with E-state index >= 15 is 0 Å². The highest BCUT2D eigenvalue weighted by molar-refractivity contribution is 5.71. The summed E-state index contributed by atoms with van der Waals surface area (Å²) in [6.07, 6.45) is 6.08. The Hall–Kier alpha value is -2.09. The third-order valence-corrected chi connectivity index (χ3v) is 3.28. The van der Waals surface area contributed by atoms with Gasteiger partial charge >= 0.3 is 0 Å². The first-order valence-corrected chi connectivity index (χ1v) is 6.49. The monoisotopic (exact) mass is 251 g/mol. The van der Waals surface area contributed by atoms with Gasteiger partial charge < -0.3 is 4.74 Å². The average Bonchev–Trinajstić information content (AvgIpc) is 2.37. The maximum Gasteiger partial charge on any atom is 0.127 e. The first-order valence-electron chi connectivity index (χ1n) is 6.49. The van der Waals surface area contributed by atoms with Gasteiger partial charge in [0.05, 0.1) is 0 Å². The van der Waals surface area contributed by atoms with E-state index in [2.05, 4.69) is 49.2 Å². The van der Waals surface area contributed by atoms with Crippen LogP contribution in [-0.2, 0) is 0 Å². The van der Waals surface area contributed by atoms with Crippen LogP contribution in [0.15, 0.2) is 42.6 Å². The highest BCUT2D eigenvalue weighted by Gasteiger charge is 2.21. The van der Waals surface area contributed by atoms with Crippen molar-refractivity contribution in [1.82, 2.24) is 4.98 Å². The normalized spacial score (nSPS) is 15.7. The van der Waals surface area contributed by atoms with Gasteiger partial charge in [0.15, 0.2) is 0 Å². The summed E-state index contributed by atoms with van der Waals surface area (Å²) in [5.74, 6) is 0.946. The summed E-state index contributed by atoms with van der Waals surface area (Å²) < 4.78 is 5.93. The van der Waals surface area contributed by atoms with E-state index in [-0.39, 0.29) is 5.60 Å². The lowest BCUT2D eigenvalue weighted by Gasteiger charge is -2.28. The molecule has 0 radical (unpaired) electrons. The van der Waals surface area contributed by atoms with Crippen molar-refractivity contribution in [2.45, 2.75) is 26.4 Å². The highest BCUT2D eigenvalue weighted by Crippen LogP contribution is 2.33. The Bertz CT molecular complexity index is 656. The number of nitrogens with zero attached hydrogens (tertiary/aromatic N) is 1. The Morgan fingerprint density at radius 1 is 1.05 bits per heavy atom. The molecule has 0 atom stereocenters. The van der Waals surface area contributed by atoms with Crippen LogP contribution in [0.3, 0.4) is 0 Å². The van der Waals surface area contributed by atoms with Gasteiger partial charge in [-0.3, -0.25) is 4.98 Å². The van der Waals surface area contributed by atoms with Crippen molar-refractivity contribution in [3.63, 3.8) is 0 Å². The Morgan fingerprint density at radius 2 is 1.84 bits per heavy atom. The molecule has 1 aliphatic heterocycles. The molecule has 0 amide bonds. The molecule has 0 unspecified atom stereocenters. The molecule has 19 heavy (non-hydrogen) atoms. The van der Waals surface area contributed by atoms with E-state index in [1.54, 1.807) is 0 Å². The lowest BCUT2D eigenvalue weighted by atomic mass is 9.98. The zero-order valence-electron chi connectivity index (χ0n) is 11.5. The number of hydrogen-bond donors (Lipinski definition) is 0. The Balaban J connectivity index is 2.03. The number of aryl methyl sites for hydroxylation is 1. The van der Waals surface area contributed by atoms with Gasteiger partial charge in [-0.05, 0) is 62.2 Å². The summed E-state index contributed by atoms with van der Waals surface area (Å²) in [4.78, 5) is 4.23. The van der Waals surface area contributed by atoms with Crippen LogP contribution in [0.1, 0.15) is 25.1 Å². The van der Waals surface area contributed by atoms with Crippen LogP contribution in [-0.4, -0.2) is 10.6 Å². The molecule has 1 aliphatic rings. The van der Waals surface area contributed by atoms with Gasteiger partial charge in [-0.2, -0.15) is 0 Å². The molecule has 1 aromatic carbocycles. The van der Waals surface area contributed by atoms with E-state index in [9.17, 15) is 0 Å². The van der Waals surface area contributed by atoms with Gasteiger partial charge in [0.2, 0.25) is 0 Å². The highest BCUT2D eigenvalue weighted by atomic mass is 16.5. The summed E-state index contributed by atoms with van der Waals surface area (Å²) in [6, 6.07) is 10.4. The predicted octanol–water partition coefficient (Wildman–Crippen LogP) is 4.24. The summed E-state index contributed by atoms with van der Waals surface area (Å²) in [6.45, 7) is 6.13. The van der Waals surface area contributed by atoms with E-state index in [4.69, 9.17) is 4.74 Å². The Morgan fingerprint density at radius 3 is 2.63 bits per heavy atom. The lowest BCUT2D eigenvalue weighted by Crippen LogP contribution is -2.27. The lowest BCUT2D eigenvalue weighted by molar-refractivity contribution is 0.159. The fourth-order valence-corrected chi connectivity index (χ4v) is 2.28. The molecule has 0 fully saturated rings. The van der Waals surface area contributed by atoms with Crippen molar-refractivity contribution in [3.8, 4) is 16.9 Å². The van der Waals surface area contributed by atoms with Gasteiger partial charge in [-0.15, -0.1) is 0 Å². The molecule has 96 valence electrons. The molecule has 1 aromatic heterocycles. The van der Waals surface area contributed by atoms with Crippen molar-refractivity contribution < 1.29 is 4.74 Å². The minimum Gasteiger partial charge on any atom is -0.483 e. The standard InChI is InChI=1S/C17H17NO/c1-12-10-14(7-9-18-12)13-4-5-16-15(11-13)6-8-17(2,3)19-16/h4-11H,1-3H3. The van der Waals surface area contributed by atoms with Crippen LogP contribution >= 0.6 is 0 Å². The molecule has 2 nitrogen and oxygen atoms in total. The van der Waals surface area contributed by atoms with Crippen molar-refractivity contribution in [1.29, 1.82) is 0 Å². The number of aromatic nitrogens is 1. The van der Waals surface area contributed by atoms with Crippen LogP contribution < -0.4 is 4.74 Å². The molecule has 2 heteroatoms. The number of benzene rings is 1. The van der Waals surface area contributed by atoms with Gasteiger partial charge in [-0.1, -0.05) is 12.1 Å². The van der Waals surface area contributed by atoms with Gasteiger partial charge in [0, 0.05) is 17.5 Å². The minimum atomic E-state index is -0.220. The number of ether oxygens (including phenoxy) is 1. The maximum atomic E-state index is 5.93. The van der Waals surface area contributed by atoms with Crippen LogP contribution in [0, 0.1) is 6.92 Å². The Labute approximate surface area is 113 Å². The molecule has 0 saturated carbocycles. The molecule has 0 saturated heterocycles. The third kappa shape index (κ3) is 2.39. The van der Waals surface area contributed by atoms with Crippen molar-refractivity contribution in [3.05, 3.63) is 53.9 Å². The predicted molar refractivity (Wildman–Crippen MR) is 78.2 cm³/mol. The van der Waals surface area contributed by atoms with Crippen molar-refractivity contribution >= 4 is 6.08 Å². The van der Waals surface area contributed by atoms with Crippen LogP contribution in [0.2, 0.25) is 0 Å². The Kier molecular flexibility index (Phi) is 2.67. The first-order chi connectivity index (χ1) is 9.03. The van der Waals surface area contributed by atoms with Crippen molar-refractivity contribution in [2.75, 3.05) is 0 Å². The van der Waals surface area contributed by atoms with Crippen LogP contribution in [0.4, 0.5) is 0 Å². The summed E-state index contributed by atoms with van der Waals surface area (Å²) >= 11 is 0. The number of rotatable bonds is 1. The van der Waals surface area contributed by atoms with E-state index in [1.165, 1.54) is 11.1 Å². The SMILES string of the molecule is Cc1cc(-c2ccc3c(c2)C=CC(C)(C)O3)ccn1. The van der Waals surface area contributed by atoms with Gasteiger partial charge in [0.25, 0.3) is 0 Å². The van der Waals surface area contributed by atoms with E-state index in [0.717, 1.165) is 17.0 Å². The minimum absolute atomic E-state index is 0.220. The molecule has 2 aromatic rings. The van der Waals surface area contributed by atoms with Crippen LogP contribution in [0.25, 0.3) is 17.2 Å². The number of pyridine rings is 1. The molecular weight excluding hydrogens is 234 g/mol. The molecule has 0 spiro atoms. The third-order valence-electron chi connectivity index (χ3n) is 3.28. The number of fused-ring (bicyclic) bond motifs is 1. The topological polar surface area (TPSA) is 22.1 Å². The summed E-state index contributed by atoms with van der Waals surface area (Å²) in [5.41, 5.74) is 4.32.